The van der Waals surface area contributed by atoms with E-state index < -0.39 is 0 Å². The largest absolute Gasteiger partial charge is 0.384 e. The number of hydrogen-bond donors (Lipinski definition) is 2. The van der Waals surface area contributed by atoms with Crippen LogP contribution in [0.5, 0.6) is 0 Å². The Kier molecular flexibility index (Phi) is 6.15. The topological polar surface area (TPSA) is 57.3 Å². The fourth-order valence-corrected chi connectivity index (χ4v) is 2.87. The molecule has 5 heteroatoms. The molecule has 130 valence electrons. The highest BCUT2D eigenvalue weighted by Crippen LogP contribution is 2.29. The molecule has 1 aromatic carbocycles. The molecule has 0 atom stereocenters. The van der Waals surface area contributed by atoms with Crippen molar-refractivity contribution in [1.29, 1.82) is 0 Å². The molecule has 5 nitrogen and oxygen atoms in total. The number of rotatable bonds is 7. The lowest BCUT2D eigenvalue weighted by molar-refractivity contribution is -0.119. The van der Waals surface area contributed by atoms with Crippen LogP contribution in [0.2, 0.25) is 0 Å². The van der Waals surface area contributed by atoms with E-state index in [2.05, 4.69) is 60.6 Å². The maximum absolute atomic E-state index is 11.3. The van der Waals surface area contributed by atoms with Gasteiger partial charge in [0.05, 0.1) is 11.2 Å². The van der Waals surface area contributed by atoms with Crippen molar-refractivity contribution in [3.05, 3.63) is 35.0 Å². The predicted molar refractivity (Wildman–Crippen MR) is 100 cm³/mol. The summed E-state index contributed by atoms with van der Waals surface area (Å²) in [7, 11) is 4.16. The van der Waals surface area contributed by atoms with Crippen molar-refractivity contribution in [1.82, 2.24) is 15.2 Å². The van der Waals surface area contributed by atoms with Crippen molar-refractivity contribution >= 4 is 22.5 Å². The molecule has 1 aromatic heterocycles. The first-order chi connectivity index (χ1) is 11.4. The molecule has 1 heterocycles. The van der Waals surface area contributed by atoms with E-state index in [0.29, 0.717) is 6.54 Å². The van der Waals surface area contributed by atoms with Crippen molar-refractivity contribution < 1.29 is 4.79 Å². The Labute approximate surface area is 144 Å². The van der Waals surface area contributed by atoms with E-state index in [1.54, 1.807) is 0 Å². The van der Waals surface area contributed by atoms with Gasteiger partial charge in [-0.1, -0.05) is 11.6 Å². The molecule has 0 spiro atoms. The molecule has 0 saturated carbocycles. The quantitative estimate of drug-likeness (QED) is 0.768. The van der Waals surface area contributed by atoms with Gasteiger partial charge in [0.2, 0.25) is 5.91 Å². The molecule has 2 rings (SSSR count). The minimum atomic E-state index is -0.0333. The lowest BCUT2D eigenvalue weighted by atomic mass is 10.0. The third-order valence-electron chi connectivity index (χ3n) is 4.00. The second kappa shape index (κ2) is 8.11. The Bertz CT molecular complexity index is 725. The van der Waals surface area contributed by atoms with E-state index in [-0.39, 0.29) is 5.91 Å². The number of anilines is 1. The Hall–Kier alpha value is -2.14. The number of nitrogens with one attached hydrogen (secondary N) is 2. The highest BCUT2D eigenvalue weighted by atomic mass is 16.1. The monoisotopic (exact) mass is 328 g/mol. The lowest BCUT2D eigenvalue weighted by Crippen LogP contribution is -2.21. The van der Waals surface area contributed by atoms with E-state index >= 15 is 0 Å². The van der Waals surface area contributed by atoms with Gasteiger partial charge in [-0.3, -0.25) is 9.78 Å². The number of fused-ring (bicyclic) bond motifs is 1. The molecule has 0 fully saturated rings. The predicted octanol–water partition coefficient (Wildman–Crippen LogP) is 2.85. The number of hydrogen-bond acceptors (Lipinski definition) is 4. The molecule has 0 aliphatic rings. The van der Waals surface area contributed by atoms with Crippen LogP contribution in [0.25, 0.3) is 10.9 Å². The lowest BCUT2D eigenvalue weighted by Gasteiger charge is -2.17. The van der Waals surface area contributed by atoms with Crippen molar-refractivity contribution in [3.63, 3.8) is 0 Å². The van der Waals surface area contributed by atoms with Crippen LogP contribution in [0.3, 0.4) is 0 Å². The van der Waals surface area contributed by atoms with Crippen LogP contribution < -0.4 is 10.6 Å². The van der Waals surface area contributed by atoms with Crippen LogP contribution in [-0.4, -0.2) is 43.0 Å². The minimum Gasteiger partial charge on any atom is -0.384 e. The fourth-order valence-electron chi connectivity index (χ4n) is 2.87. The second-order valence-electron chi connectivity index (χ2n) is 6.63. The molecular formula is C19H28N4O. The van der Waals surface area contributed by atoms with Crippen molar-refractivity contribution in [2.75, 3.05) is 32.5 Å². The Morgan fingerprint density at radius 1 is 1.25 bits per heavy atom. The summed E-state index contributed by atoms with van der Waals surface area (Å²) in [5.41, 5.74) is 5.51. The fraction of sp³-hybridized carbons (Fsp3) is 0.474. The average Bonchev–Trinajstić information content (AvgIpc) is 2.49. The zero-order valence-electron chi connectivity index (χ0n) is 15.4. The smallest absolute Gasteiger partial charge is 0.217 e. The number of amides is 1. The number of carbonyl (C=O) groups is 1. The molecule has 2 aromatic rings. The summed E-state index contributed by atoms with van der Waals surface area (Å²) < 4.78 is 0. The second-order valence-corrected chi connectivity index (χ2v) is 6.63. The third-order valence-corrected chi connectivity index (χ3v) is 4.00. The summed E-state index contributed by atoms with van der Waals surface area (Å²) >= 11 is 0. The molecule has 1 amide bonds. The maximum atomic E-state index is 11.3. The standard InChI is InChI=1S/C19H28N4O/c1-13-9-14(2)18-17(10-13)19(20-7-6-8-23(4)5)16(12-22-18)11-21-15(3)24/h9-10,12H,6-8,11H2,1-5H3,(H,20,22)(H,21,24). The maximum Gasteiger partial charge on any atom is 0.217 e. The molecule has 0 unspecified atom stereocenters. The van der Waals surface area contributed by atoms with Gasteiger partial charge in [0, 0.05) is 37.2 Å². The zero-order chi connectivity index (χ0) is 17.7. The molecule has 0 bridgehead atoms. The van der Waals surface area contributed by atoms with E-state index in [0.717, 1.165) is 41.7 Å². The zero-order valence-corrected chi connectivity index (χ0v) is 15.4. The Balaban J connectivity index is 2.36. The molecule has 0 radical (unpaired) electrons. The summed E-state index contributed by atoms with van der Waals surface area (Å²) in [5, 5.41) is 7.57. The first-order valence-electron chi connectivity index (χ1n) is 8.40. The minimum absolute atomic E-state index is 0.0333. The van der Waals surface area contributed by atoms with Crippen LogP contribution in [0.15, 0.2) is 18.3 Å². The molecule has 0 aliphatic heterocycles. The van der Waals surface area contributed by atoms with Gasteiger partial charge in [-0.25, -0.2) is 0 Å². The van der Waals surface area contributed by atoms with E-state index in [1.165, 1.54) is 18.1 Å². The molecule has 24 heavy (non-hydrogen) atoms. The summed E-state index contributed by atoms with van der Waals surface area (Å²) in [5.74, 6) is -0.0333. The van der Waals surface area contributed by atoms with Crippen molar-refractivity contribution in [2.24, 2.45) is 0 Å². The molecule has 0 saturated heterocycles. The highest BCUT2D eigenvalue weighted by Gasteiger charge is 2.11. The molecule has 0 aliphatic carbocycles. The van der Waals surface area contributed by atoms with Gasteiger partial charge in [-0.2, -0.15) is 0 Å². The summed E-state index contributed by atoms with van der Waals surface area (Å²) in [6, 6.07) is 4.32. The first kappa shape index (κ1) is 18.2. The van der Waals surface area contributed by atoms with Crippen LogP contribution in [0, 0.1) is 13.8 Å². The molecule has 2 N–H and O–H groups in total. The summed E-state index contributed by atoms with van der Waals surface area (Å²) in [6.45, 7) is 8.13. The normalized spacial score (nSPS) is 11.1. The SMILES string of the molecule is CC(=O)NCc1cnc2c(C)cc(C)cc2c1NCCCN(C)C. The third kappa shape index (κ3) is 4.68. The highest BCUT2D eigenvalue weighted by molar-refractivity contribution is 5.95. The van der Waals surface area contributed by atoms with Crippen LogP contribution in [0.1, 0.15) is 30.0 Å². The van der Waals surface area contributed by atoms with E-state index in [9.17, 15) is 4.79 Å². The molecular weight excluding hydrogens is 300 g/mol. The number of carbonyl (C=O) groups excluding carboxylic acids is 1. The van der Waals surface area contributed by atoms with Gasteiger partial charge in [0.25, 0.3) is 0 Å². The van der Waals surface area contributed by atoms with Crippen LogP contribution in [0.4, 0.5) is 5.69 Å². The van der Waals surface area contributed by atoms with Crippen LogP contribution >= 0.6 is 0 Å². The van der Waals surface area contributed by atoms with E-state index in [4.69, 9.17) is 0 Å². The van der Waals surface area contributed by atoms with Gasteiger partial charge >= 0.3 is 0 Å². The van der Waals surface area contributed by atoms with Gasteiger partial charge < -0.3 is 15.5 Å². The Morgan fingerprint density at radius 3 is 2.67 bits per heavy atom. The summed E-state index contributed by atoms with van der Waals surface area (Å²) in [4.78, 5) is 18.1. The Morgan fingerprint density at radius 2 is 2.00 bits per heavy atom. The van der Waals surface area contributed by atoms with Crippen molar-refractivity contribution in [3.8, 4) is 0 Å². The van der Waals surface area contributed by atoms with E-state index in [1.807, 2.05) is 6.20 Å². The number of benzene rings is 1. The number of nitrogens with zero attached hydrogens (tertiary/aromatic N) is 2. The van der Waals surface area contributed by atoms with Gasteiger partial charge in [0.1, 0.15) is 0 Å². The first-order valence-corrected chi connectivity index (χ1v) is 8.40. The van der Waals surface area contributed by atoms with Crippen molar-refractivity contribution in [2.45, 2.75) is 33.7 Å². The number of pyridine rings is 1. The average molecular weight is 328 g/mol. The summed E-state index contributed by atoms with van der Waals surface area (Å²) in [6.07, 6.45) is 2.93. The van der Waals surface area contributed by atoms with Crippen LogP contribution in [-0.2, 0) is 11.3 Å². The number of aromatic nitrogens is 1. The van der Waals surface area contributed by atoms with Gasteiger partial charge in [-0.15, -0.1) is 0 Å². The number of aryl methyl sites for hydroxylation is 2. The van der Waals surface area contributed by atoms with Gasteiger partial charge in [0.15, 0.2) is 0 Å². The van der Waals surface area contributed by atoms with Gasteiger partial charge in [-0.05, 0) is 52.5 Å².